The van der Waals surface area contributed by atoms with Crippen molar-refractivity contribution >= 4 is 15.7 Å². The molecular formula is C12H16N2O4S. The SMILES string of the molecule is CS(=O)(=O)N1CCN(c2ccc3c(c2)OCO3)CC1. The molecule has 2 aliphatic heterocycles. The van der Waals surface area contributed by atoms with Gasteiger partial charge in [0.25, 0.3) is 0 Å². The number of sulfonamides is 1. The highest BCUT2D eigenvalue weighted by Crippen LogP contribution is 2.35. The van der Waals surface area contributed by atoms with Gasteiger partial charge in [0.2, 0.25) is 16.8 Å². The minimum absolute atomic E-state index is 0.265. The number of hydrogen-bond donors (Lipinski definition) is 0. The summed E-state index contributed by atoms with van der Waals surface area (Å²) in [6.45, 7) is 2.68. The standard InChI is InChI=1S/C12H16N2O4S/c1-19(15,16)14-6-4-13(5-7-14)10-2-3-11-12(8-10)18-9-17-11/h2-3,8H,4-7,9H2,1H3. The molecule has 6 nitrogen and oxygen atoms in total. The topological polar surface area (TPSA) is 59.1 Å². The van der Waals surface area contributed by atoms with Crippen molar-refractivity contribution in [3.05, 3.63) is 18.2 Å². The summed E-state index contributed by atoms with van der Waals surface area (Å²) in [4.78, 5) is 2.16. The molecule has 104 valence electrons. The number of rotatable bonds is 2. The Bertz CT molecular complexity index is 579. The van der Waals surface area contributed by atoms with Crippen molar-refractivity contribution in [1.29, 1.82) is 0 Å². The van der Waals surface area contributed by atoms with Crippen LogP contribution >= 0.6 is 0 Å². The van der Waals surface area contributed by atoms with Crippen LogP contribution in [0.5, 0.6) is 11.5 Å². The van der Waals surface area contributed by atoms with Gasteiger partial charge in [-0.15, -0.1) is 0 Å². The minimum Gasteiger partial charge on any atom is -0.454 e. The number of benzene rings is 1. The maximum Gasteiger partial charge on any atom is 0.231 e. The molecule has 3 rings (SSSR count). The predicted molar refractivity (Wildman–Crippen MR) is 71.2 cm³/mol. The molecule has 0 spiro atoms. The zero-order valence-electron chi connectivity index (χ0n) is 10.7. The second-order valence-corrected chi connectivity index (χ2v) is 6.67. The van der Waals surface area contributed by atoms with Gasteiger partial charge >= 0.3 is 0 Å². The van der Waals surface area contributed by atoms with Gasteiger partial charge in [-0.05, 0) is 12.1 Å². The van der Waals surface area contributed by atoms with E-state index < -0.39 is 10.0 Å². The van der Waals surface area contributed by atoms with Crippen LogP contribution in [0.4, 0.5) is 5.69 Å². The van der Waals surface area contributed by atoms with Crippen LogP contribution in [0.3, 0.4) is 0 Å². The summed E-state index contributed by atoms with van der Waals surface area (Å²) in [7, 11) is -3.08. The van der Waals surface area contributed by atoms with Crippen LogP contribution in [-0.4, -0.2) is 52.0 Å². The first-order valence-electron chi connectivity index (χ1n) is 6.14. The van der Waals surface area contributed by atoms with Crippen LogP contribution in [0.15, 0.2) is 18.2 Å². The quantitative estimate of drug-likeness (QED) is 0.791. The second kappa shape index (κ2) is 4.57. The third-order valence-electron chi connectivity index (χ3n) is 3.43. The van der Waals surface area contributed by atoms with Crippen molar-refractivity contribution in [2.45, 2.75) is 0 Å². The van der Waals surface area contributed by atoms with E-state index >= 15 is 0 Å². The number of hydrogen-bond acceptors (Lipinski definition) is 5. The number of nitrogens with zero attached hydrogens (tertiary/aromatic N) is 2. The molecule has 0 aromatic heterocycles. The lowest BCUT2D eigenvalue weighted by Crippen LogP contribution is -2.48. The molecule has 0 amide bonds. The zero-order valence-corrected chi connectivity index (χ0v) is 11.5. The summed E-state index contributed by atoms with van der Waals surface area (Å²) in [6, 6.07) is 5.81. The molecule has 0 aliphatic carbocycles. The fraction of sp³-hybridized carbons (Fsp3) is 0.500. The second-order valence-electron chi connectivity index (χ2n) is 4.69. The first-order valence-corrected chi connectivity index (χ1v) is 7.98. The van der Waals surface area contributed by atoms with E-state index in [1.54, 1.807) is 0 Å². The molecule has 0 N–H and O–H groups in total. The van der Waals surface area contributed by atoms with E-state index in [4.69, 9.17) is 9.47 Å². The average molecular weight is 284 g/mol. The van der Waals surface area contributed by atoms with Crippen molar-refractivity contribution in [3.63, 3.8) is 0 Å². The molecule has 2 heterocycles. The van der Waals surface area contributed by atoms with Crippen LogP contribution in [0.1, 0.15) is 0 Å². The summed E-state index contributed by atoms with van der Waals surface area (Å²) < 4.78 is 35.0. The van der Waals surface area contributed by atoms with Gasteiger partial charge in [0.05, 0.1) is 6.26 Å². The van der Waals surface area contributed by atoms with Crippen LogP contribution < -0.4 is 14.4 Å². The molecule has 7 heteroatoms. The van der Waals surface area contributed by atoms with Crippen LogP contribution in [0, 0.1) is 0 Å². The van der Waals surface area contributed by atoms with Gasteiger partial charge in [-0.25, -0.2) is 8.42 Å². The lowest BCUT2D eigenvalue weighted by molar-refractivity contribution is 0.174. The Hall–Kier alpha value is -1.47. The Balaban J connectivity index is 1.72. The highest BCUT2D eigenvalue weighted by atomic mass is 32.2. The van der Waals surface area contributed by atoms with Crippen LogP contribution in [0.2, 0.25) is 0 Å². The molecule has 0 atom stereocenters. The normalized spacial score (nSPS) is 19.7. The van der Waals surface area contributed by atoms with E-state index in [-0.39, 0.29) is 6.79 Å². The lowest BCUT2D eigenvalue weighted by Gasteiger charge is -2.34. The first-order chi connectivity index (χ1) is 9.04. The third-order valence-corrected chi connectivity index (χ3v) is 4.73. The Morgan fingerprint density at radius 3 is 2.42 bits per heavy atom. The Kier molecular flexibility index (Phi) is 3.02. The van der Waals surface area contributed by atoms with Crippen LogP contribution in [-0.2, 0) is 10.0 Å². The molecule has 1 aromatic rings. The molecule has 2 aliphatic rings. The summed E-state index contributed by atoms with van der Waals surface area (Å²) in [5.74, 6) is 1.52. The molecule has 19 heavy (non-hydrogen) atoms. The van der Waals surface area contributed by atoms with E-state index in [9.17, 15) is 8.42 Å². The molecular weight excluding hydrogens is 268 g/mol. The molecule has 0 radical (unpaired) electrons. The Morgan fingerprint density at radius 1 is 1.05 bits per heavy atom. The number of fused-ring (bicyclic) bond motifs is 1. The highest BCUT2D eigenvalue weighted by Gasteiger charge is 2.24. The summed E-state index contributed by atoms with van der Waals surface area (Å²) in [5.41, 5.74) is 1.04. The van der Waals surface area contributed by atoms with Crippen molar-refractivity contribution in [2.24, 2.45) is 0 Å². The zero-order chi connectivity index (χ0) is 13.5. The van der Waals surface area contributed by atoms with Gasteiger partial charge in [-0.1, -0.05) is 0 Å². The van der Waals surface area contributed by atoms with E-state index in [1.165, 1.54) is 10.6 Å². The third kappa shape index (κ3) is 2.48. The van der Waals surface area contributed by atoms with Crippen molar-refractivity contribution in [2.75, 3.05) is 44.1 Å². The molecule has 1 aromatic carbocycles. The first kappa shape index (κ1) is 12.6. The fourth-order valence-corrected chi connectivity index (χ4v) is 3.19. The van der Waals surface area contributed by atoms with Gasteiger partial charge in [-0.2, -0.15) is 4.31 Å². The summed E-state index contributed by atoms with van der Waals surface area (Å²) in [6.07, 6.45) is 1.25. The van der Waals surface area contributed by atoms with E-state index in [0.717, 1.165) is 17.2 Å². The maximum absolute atomic E-state index is 11.5. The number of ether oxygens (including phenoxy) is 2. The summed E-state index contributed by atoms with van der Waals surface area (Å²) >= 11 is 0. The fourth-order valence-electron chi connectivity index (χ4n) is 2.36. The molecule has 1 saturated heterocycles. The Morgan fingerprint density at radius 2 is 1.74 bits per heavy atom. The van der Waals surface area contributed by atoms with Gasteiger partial charge in [0.1, 0.15) is 0 Å². The smallest absolute Gasteiger partial charge is 0.231 e. The molecule has 0 unspecified atom stereocenters. The van der Waals surface area contributed by atoms with E-state index in [0.29, 0.717) is 26.2 Å². The van der Waals surface area contributed by atoms with Gasteiger partial charge in [0.15, 0.2) is 11.5 Å². The molecule has 0 bridgehead atoms. The van der Waals surface area contributed by atoms with Gasteiger partial charge < -0.3 is 14.4 Å². The maximum atomic E-state index is 11.5. The minimum atomic E-state index is -3.08. The van der Waals surface area contributed by atoms with Gasteiger partial charge in [-0.3, -0.25) is 0 Å². The summed E-state index contributed by atoms with van der Waals surface area (Å²) in [5, 5.41) is 0. The number of piperazine rings is 1. The molecule has 0 saturated carbocycles. The monoisotopic (exact) mass is 284 g/mol. The van der Waals surface area contributed by atoms with Crippen molar-refractivity contribution < 1.29 is 17.9 Å². The van der Waals surface area contributed by atoms with Crippen molar-refractivity contribution in [1.82, 2.24) is 4.31 Å². The lowest BCUT2D eigenvalue weighted by atomic mass is 10.2. The van der Waals surface area contributed by atoms with Crippen molar-refractivity contribution in [3.8, 4) is 11.5 Å². The highest BCUT2D eigenvalue weighted by molar-refractivity contribution is 7.88. The largest absolute Gasteiger partial charge is 0.454 e. The average Bonchev–Trinajstić information content (AvgIpc) is 2.85. The van der Waals surface area contributed by atoms with E-state index in [1.807, 2.05) is 18.2 Å². The predicted octanol–water partition coefficient (Wildman–Crippen LogP) is 0.497. The molecule has 1 fully saturated rings. The van der Waals surface area contributed by atoms with Gasteiger partial charge in [0, 0.05) is 37.9 Å². The Labute approximate surface area is 112 Å². The van der Waals surface area contributed by atoms with E-state index in [2.05, 4.69) is 4.90 Å². The van der Waals surface area contributed by atoms with Crippen LogP contribution in [0.25, 0.3) is 0 Å². The number of anilines is 1.